The van der Waals surface area contributed by atoms with Gasteiger partial charge in [-0.1, -0.05) is 110 Å². The van der Waals surface area contributed by atoms with Gasteiger partial charge in [0, 0.05) is 27.1 Å². The quantitative estimate of drug-likeness (QED) is 0.163. The van der Waals surface area contributed by atoms with Crippen LogP contribution in [0.4, 0.5) is 0 Å². The average Bonchev–Trinajstić information content (AvgIpc) is 3.00. The van der Waals surface area contributed by atoms with Gasteiger partial charge in [0.15, 0.2) is 7.14 Å². The normalized spacial score (nSPS) is 17.4. The summed E-state index contributed by atoms with van der Waals surface area (Å²) in [6.07, 6.45) is 13.5. The van der Waals surface area contributed by atoms with Gasteiger partial charge in [0.25, 0.3) is 0 Å². The Balaban J connectivity index is 2.08. The number of rotatable bonds is 4. The Morgan fingerprint density at radius 3 is 2.33 bits per heavy atom. The van der Waals surface area contributed by atoms with Crippen LogP contribution in [-0.2, 0) is 4.57 Å². The second kappa shape index (κ2) is 9.50. The molecule has 1 nitrogen and oxygen atoms in total. The molecule has 5 rings (SSSR count). The molecule has 0 spiro atoms. The summed E-state index contributed by atoms with van der Waals surface area (Å²) < 4.78 is 15.7. The van der Waals surface area contributed by atoms with E-state index in [0.717, 1.165) is 60.1 Å². The third-order valence-electron chi connectivity index (χ3n) is 6.86. The fraction of sp³-hybridized carbons (Fsp3) is 0.0588. The van der Waals surface area contributed by atoms with E-state index in [0.29, 0.717) is 0 Å². The molecule has 1 aliphatic rings. The molecule has 1 aliphatic heterocycles. The van der Waals surface area contributed by atoms with Crippen LogP contribution in [0, 0.1) is 12.3 Å². The third kappa shape index (κ3) is 3.54. The smallest absolute Gasteiger partial charge is 0.172 e. The van der Waals surface area contributed by atoms with Gasteiger partial charge in [-0.05, 0) is 59.0 Å². The highest BCUT2D eigenvalue weighted by molar-refractivity contribution is 7.83. The molecule has 2 heteroatoms. The molecule has 4 aromatic carbocycles. The number of hydrogen-bond donors (Lipinski definition) is 0. The van der Waals surface area contributed by atoms with Crippen LogP contribution >= 0.6 is 7.14 Å². The molecule has 0 fully saturated rings. The van der Waals surface area contributed by atoms with Crippen LogP contribution in [0.1, 0.15) is 36.1 Å². The van der Waals surface area contributed by atoms with Crippen molar-refractivity contribution in [1.29, 1.82) is 0 Å². The Labute approximate surface area is 213 Å². The van der Waals surface area contributed by atoms with Gasteiger partial charge in [0.1, 0.15) is 0 Å². The zero-order valence-corrected chi connectivity index (χ0v) is 21.4. The van der Waals surface area contributed by atoms with Crippen LogP contribution in [0.25, 0.3) is 21.9 Å². The molecule has 0 radical (unpaired) electrons. The fourth-order valence-electron chi connectivity index (χ4n) is 5.30. The Kier molecular flexibility index (Phi) is 6.24. The van der Waals surface area contributed by atoms with Crippen LogP contribution in [0.15, 0.2) is 121 Å². The van der Waals surface area contributed by atoms with Crippen LogP contribution in [0.5, 0.6) is 0 Å². The molecule has 0 saturated carbocycles. The van der Waals surface area contributed by atoms with E-state index in [1.165, 1.54) is 0 Å². The molecule has 0 amide bonds. The van der Waals surface area contributed by atoms with Crippen LogP contribution in [-0.4, -0.2) is 0 Å². The maximum absolute atomic E-state index is 15.7. The lowest BCUT2D eigenvalue weighted by Crippen LogP contribution is -2.21. The first-order valence-corrected chi connectivity index (χ1v) is 13.7. The zero-order valence-electron chi connectivity index (χ0n) is 20.5. The Morgan fingerprint density at radius 1 is 0.889 bits per heavy atom. The Hall–Kier alpha value is -4.11. The lowest BCUT2D eigenvalue weighted by molar-refractivity contribution is 0.591. The van der Waals surface area contributed by atoms with Crippen LogP contribution in [0.2, 0.25) is 0 Å². The summed E-state index contributed by atoms with van der Waals surface area (Å²) in [7, 11) is -3.29. The van der Waals surface area contributed by atoms with Crippen LogP contribution < -0.4 is 10.6 Å². The van der Waals surface area contributed by atoms with Crippen molar-refractivity contribution in [1.82, 2.24) is 0 Å². The number of benzene rings is 4. The molecule has 1 heterocycles. The third-order valence-corrected chi connectivity index (χ3v) is 10.0. The van der Waals surface area contributed by atoms with E-state index >= 15 is 4.57 Å². The standard InChI is InChI=1S/C34H27OP/c1-5-14-27(15-6-2)36(35)31-21-13-12-18-28(31)24(4)33(29-19-10-8-16-25(29)7-3)34-30-20-11-9-17-26(30)22-23-32(34)36/h3,5-6,8-23H,1H2,2,4H3/b15-6-,27-14+. The summed E-state index contributed by atoms with van der Waals surface area (Å²) in [5.74, 6) is 2.88. The molecule has 36 heavy (non-hydrogen) atoms. The van der Waals surface area contributed by atoms with Crippen molar-refractivity contribution in [3.05, 3.63) is 143 Å². The van der Waals surface area contributed by atoms with Crippen molar-refractivity contribution in [2.45, 2.75) is 13.8 Å². The highest BCUT2D eigenvalue weighted by atomic mass is 31.2. The number of fused-ring (bicyclic) bond motifs is 4. The Morgan fingerprint density at radius 2 is 1.58 bits per heavy atom. The highest BCUT2D eigenvalue weighted by Gasteiger charge is 2.39. The summed E-state index contributed by atoms with van der Waals surface area (Å²) in [4.78, 5) is 0. The van der Waals surface area contributed by atoms with Crippen molar-refractivity contribution in [2.24, 2.45) is 0 Å². The minimum Gasteiger partial charge on any atom is -0.309 e. The molecule has 0 N–H and O–H groups in total. The topological polar surface area (TPSA) is 17.1 Å². The number of allylic oxidation sites excluding steroid dienone is 6. The predicted molar refractivity (Wildman–Crippen MR) is 156 cm³/mol. The largest absolute Gasteiger partial charge is 0.309 e. The molecule has 1 unspecified atom stereocenters. The summed E-state index contributed by atoms with van der Waals surface area (Å²) in [5, 5.41) is 4.56. The Bertz CT molecular complexity index is 1700. The van der Waals surface area contributed by atoms with E-state index in [1.54, 1.807) is 6.08 Å². The first-order valence-electron chi connectivity index (χ1n) is 12.0. The average molecular weight is 483 g/mol. The maximum atomic E-state index is 15.7. The second-order valence-corrected chi connectivity index (χ2v) is 11.5. The van der Waals surface area contributed by atoms with Crippen molar-refractivity contribution in [3.63, 3.8) is 0 Å². The molecular weight excluding hydrogens is 455 g/mol. The minimum atomic E-state index is -3.29. The molecule has 4 aromatic rings. The van der Waals surface area contributed by atoms with E-state index < -0.39 is 7.14 Å². The van der Waals surface area contributed by atoms with Gasteiger partial charge in [-0.15, -0.1) is 6.42 Å². The lowest BCUT2D eigenvalue weighted by atomic mass is 9.86. The molecule has 1 atom stereocenters. The second-order valence-electron chi connectivity index (χ2n) is 8.82. The monoisotopic (exact) mass is 482 g/mol. The zero-order chi connectivity index (χ0) is 25.3. The molecule has 0 aromatic heterocycles. The van der Waals surface area contributed by atoms with Crippen LogP contribution in [0.3, 0.4) is 0 Å². The maximum Gasteiger partial charge on any atom is 0.172 e. The number of hydrogen-bond acceptors (Lipinski definition) is 1. The van der Waals surface area contributed by atoms with E-state index in [2.05, 4.69) is 49.8 Å². The van der Waals surface area contributed by atoms with Gasteiger partial charge in [-0.2, -0.15) is 0 Å². The van der Waals surface area contributed by atoms with Gasteiger partial charge in [0.2, 0.25) is 0 Å². The van der Waals surface area contributed by atoms with E-state index in [1.807, 2.05) is 79.7 Å². The van der Waals surface area contributed by atoms with E-state index in [4.69, 9.17) is 6.42 Å². The predicted octanol–water partition coefficient (Wildman–Crippen LogP) is 8.07. The van der Waals surface area contributed by atoms with Gasteiger partial charge in [-0.3, -0.25) is 0 Å². The molecule has 174 valence electrons. The van der Waals surface area contributed by atoms with Crippen molar-refractivity contribution in [2.75, 3.05) is 0 Å². The molecule has 0 saturated heterocycles. The molecule has 0 bridgehead atoms. The summed E-state index contributed by atoms with van der Waals surface area (Å²) in [6, 6.07) is 28.5. The first kappa shape index (κ1) is 23.6. The van der Waals surface area contributed by atoms with Crippen molar-refractivity contribution in [3.8, 4) is 12.3 Å². The van der Waals surface area contributed by atoms with E-state index in [9.17, 15) is 0 Å². The first-order chi connectivity index (χ1) is 17.6. The van der Waals surface area contributed by atoms with Gasteiger partial charge < -0.3 is 4.57 Å². The summed E-state index contributed by atoms with van der Waals surface area (Å²) in [5.41, 5.74) is 5.82. The van der Waals surface area contributed by atoms with Crippen molar-refractivity contribution >= 4 is 39.7 Å². The fourth-order valence-corrected chi connectivity index (χ4v) is 8.50. The minimum absolute atomic E-state index is 0.753. The van der Waals surface area contributed by atoms with Crippen molar-refractivity contribution < 1.29 is 4.57 Å². The SMILES string of the molecule is C#Cc1ccccc1C1=C(C)c2ccccc2P(=O)(C(/C=C\C)=C/C=C)c2ccc3ccccc3c21. The summed E-state index contributed by atoms with van der Waals surface area (Å²) in [6.45, 7) is 8.00. The van der Waals surface area contributed by atoms with Gasteiger partial charge in [0.05, 0.1) is 0 Å². The van der Waals surface area contributed by atoms with Gasteiger partial charge >= 0.3 is 0 Å². The summed E-state index contributed by atoms with van der Waals surface area (Å²) >= 11 is 0. The number of terminal acetylenes is 1. The van der Waals surface area contributed by atoms with E-state index in [-0.39, 0.29) is 0 Å². The highest BCUT2D eigenvalue weighted by Crippen LogP contribution is 2.58. The molecule has 0 aliphatic carbocycles. The lowest BCUT2D eigenvalue weighted by Gasteiger charge is -2.24. The molecular formula is C34H27OP. The van der Waals surface area contributed by atoms with Gasteiger partial charge in [-0.25, -0.2) is 0 Å².